The second kappa shape index (κ2) is 5.67. The van der Waals surface area contributed by atoms with Crippen LogP contribution in [0.1, 0.15) is 33.2 Å². The molecule has 2 amide bonds. The first-order valence-electron chi connectivity index (χ1n) is 8.00. The van der Waals surface area contributed by atoms with Crippen molar-refractivity contribution in [2.24, 2.45) is 0 Å². The second-order valence-corrected chi connectivity index (χ2v) is 6.06. The first kappa shape index (κ1) is 14.8. The van der Waals surface area contributed by atoms with Gasteiger partial charge in [0.15, 0.2) is 11.5 Å². The van der Waals surface area contributed by atoms with Gasteiger partial charge in [-0.2, -0.15) is 0 Å². The number of amides is 2. The largest absolute Gasteiger partial charge is 0.486 e. The Balaban J connectivity index is 1.56. The van der Waals surface area contributed by atoms with Crippen LogP contribution in [0.3, 0.4) is 0 Å². The normalized spacial score (nSPS) is 17.0. The molecule has 4 rings (SSSR count). The quantitative estimate of drug-likeness (QED) is 0.815. The molecule has 5 nitrogen and oxygen atoms in total. The third kappa shape index (κ3) is 2.33. The molecule has 1 atom stereocenters. The van der Waals surface area contributed by atoms with E-state index in [9.17, 15) is 9.59 Å². The number of fused-ring (bicyclic) bond motifs is 2. The Kier molecular flexibility index (Phi) is 3.49. The van der Waals surface area contributed by atoms with Crippen LogP contribution in [0.2, 0.25) is 0 Å². The summed E-state index contributed by atoms with van der Waals surface area (Å²) >= 11 is 0. The molecule has 0 spiro atoms. The molecule has 0 saturated heterocycles. The Morgan fingerprint density at radius 2 is 1.58 bits per heavy atom. The third-order valence-electron chi connectivity index (χ3n) is 4.40. The zero-order valence-corrected chi connectivity index (χ0v) is 13.3. The maximum Gasteiger partial charge on any atom is 0.261 e. The zero-order chi connectivity index (χ0) is 16.7. The highest BCUT2D eigenvalue weighted by atomic mass is 16.6. The average Bonchev–Trinajstić information content (AvgIpc) is 2.86. The van der Waals surface area contributed by atoms with Gasteiger partial charge >= 0.3 is 0 Å². The molecule has 0 aromatic heterocycles. The van der Waals surface area contributed by atoms with Gasteiger partial charge in [0.2, 0.25) is 0 Å². The molecular weight excluding hydrogens is 306 g/mol. The number of carbonyl (C=O) groups is 2. The molecule has 0 fully saturated rings. The summed E-state index contributed by atoms with van der Waals surface area (Å²) in [5.41, 5.74) is 1.97. The number of benzene rings is 2. The maximum absolute atomic E-state index is 12.5. The van der Waals surface area contributed by atoms with E-state index >= 15 is 0 Å². The van der Waals surface area contributed by atoms with Crippen molar-refractivity contribution in [1.82, 2.24) is 4.90 Å². The predicted octanol–water partition coefficient (Wildman–Crippen LogP) is 2.69. The van der Waals surface area contributed by atoms with Crippen molar-refractivity contribution in [1.29, 1.82) is 0 Å². The molecular formula is C19H17NO4. The smallest absolute Gasteiger partial charge is 0.261 e. The highest BCUT2D eigenvalue weighted by Gasteiger charge is 2.38. The fraction of sp³-hybridized carbons (Fsp3) is 0.263. The van der Waals surface area contributed by atoms with Crippen molar-refractivity contribution < 1.29 is 19.1 Å². The van der Waals surface area contributed by atoms with Crippen molar-refractivity contribution in [2.45, 2.75) is 19.4 Å². The van der Waals surface area contributed by atoms with E-state index in [1.165, 1.54) is 4.90 Å². The average molecular weight is 323 g/mol. The van der Waals surface area contributed by atoms with Crippen LogP contribution >= 0.6 is 0 Å². The second-order valence-electron chi connectivity index (χ2n) is 6.06. The number of nitrogens with zero attached hydrogens (tertiary/aromatic N) is 1. The van der Waals surface area contributed by atoms with Crippen molar-refractivity contribution >= 4 is 11.8 Å². The Morgan fingerprint density at radius 1 is 0.958 bits per heavy atom. The minimum atomic E-state index is -0.236. The minimum absolute atomic E-state index is 0.222. The van der Waals surface area contributed by atoms with Crippen molar-refractivity contribution in [3.05, 3.63) is 59.2 Å². The molecule has 0 radical (unpaired) electrons. The molecule has 5 heteroatoms. The van der Waals surface area contributed by atoms with Gasteiger partial charge < -0.3 is 9.47 Å². The molecule has 2 aromatic rings. The van der Waals surface area contributed by atoms with E-state index in [4.69, 9.17) is 9.47 Å². The van der Waals surface area contributed by atoms with Crippen molar-refractivity contribution in [3.8, 4) is 11.5 Å². The number of ether oxygens (including phenoxy) is 2. The fourth-order valence-corrected chi connectivity index (χ4v) is 3.26. The molecule has 2 aromatic carbocycles. The van der Waals surface area contributed by atoms with Gasteiger partial charge in [-0.15, -0.1) is 0 Å². The van der Waals surface area contributed by atoms with Gasteiger partial charge in [0.25, 0.3) is 11.8 Å². The van der Waals surface area contributed by atoms with E-state index in [1.54, 1.807) is 24.3 Å². The summed E-state index contributed by atoms with van der Waals surface area (Å²) < 4.78 is 11.1. The molecule has 24 heavy (non-hydrogen) atoms. The Morgan fingerprint density at radius 3 is 2.25 bits per heavy atom. The van der Waals surface area contributed by atoms with Gasteiger partial charge in [-0.1, -0.05) is 18.2 Å². The Bertz CT molecular complexity index is 795. The van der Waals surface area contributed by atoms with Gasteiger partial charge in [-0.05, 0) is 43.2 Å². The van der Waals surface area contributed by atoms with Crippen molar-refractivity contribution in [3.63, 3.8) is 0 Å². The van der Waals surface area contributed by atoms with E-state index in [-0.39, 0.29) is 17.9 Å². The Labute approximate surface area is 139 Å². The summed E-state index contributed by atoms with van der Waals surface area (Å²) in [6.07, 6.45) is 0.572. The summed E-state index contributed by atoms with van der Waals surface area (Å²) in [5.74, 6) is 1.01. The van der Waals surface area contributed by atoms with Crippen LogP contribution in [0.4, 0.5) is 0 Å². The predicted molar refractivity (Wildman–Crippen MR) is 87.5 cm³/mol. The first-order valence-corrected chi connectivity index (χ1v) is 8.00. The highest BCUT2D eigenvalue weighted by Crippen LogP contribution is 2.32. The molecule has 0 saturated carbocycles. The number of carbonyl (C=O) groups excluding carboxylic acids is 2. The standard InChI is InChI=1S/C19H17NO4/c1-12(10-13-6-7-16-17(11-13)24-9-8-23-16)20-18(21)14-4-2-3-5-15(14)19(20)22/h2-7,11-12H,8-10H2,1H3/t12-/m1/s1. The molecule has 0 aliphatic carbocycles. The monoisotopic (exact) mass is 323 g/mol. The van der Waals surface area contributed by atoms with E-state index in [1.807, 2.05) is 25.1 Å². The summed E-state index contributed by atoms with van der Waals surface area (Å²) in [4.78, 5) is 26.4. The summed E-state index contributed by atoms with van der Waals surface area (Å²) in [6, 6.07) is 12.5. The summed E-state index contributed by atoms with van der Waals surface area (Å²) in [6.45, 7) is 2.97. The van der Waals surface area contributed by atoms with E-state index in [0.29, 0.717) is 36.5 Å². The van der Waals surface area contributed by atoms with Gasteiger partial charge in [-0.25, -0.2) is 0 Å². The highest BCUT2D eigenvalue weighted by molar-refractivity contribution is 6.21. The van der Waals surface area contributed by atoms with Crippen LogP contribution in [0.5, 0.6) is 11.5 Å². The SMILES string of the molecule is C[C@H](Cc1ccc2c(c1)OCCO2)N1C(=O)c2ccccc2C1=O. The lowest BCUT2D eigenvalue weighted by Gasteiger charge is -2.24. The van der Waals surface area contributed by atoms with Gasteiger partial charge in [0.1, 0.15) is 13.2 Å². The number of imide groups is 1. The molecule has 2 aliphatic heterocycles. The van der Waals surface area contributed by atoms with E-state index < -0.39 is 0 Å². The molecule has 2 heterocycles. The van der Waals surface area contributed by atoms with Crippen LogP contribution in [-0.2, 0) is 6.42 Å². The zero-order valence-electron chi connectivity index (χ0n) is 13.3. The van der Waals surface area contributed by atoms with Crippen LogP contribution in [0.15, 0.2) is 42.5 Å². The number of hydrogen-bond acceptors (Lipinski definition) is 4. The minimum Gasteiger partial charge on any atom is -0.486 e. The topological polar surface area (TPSA) is 55.8 Å². The van der Waals surface area contributed by atoms with E-state index in [0.717, 1.165) is 11.3 Å². The van der Waals surface area contributed by atoms with Crippen LogP contribution in [-0.4, -0.2) is 36.0 Å². The molecule has 0 unspecified atom stereocenters. The molecule has 0 N–H and O–H groups in total. The summed E-state index contributed by atoms with van der Waals surface area (Å²) in [5, 5.41) is 0. The lowest BCUT2D eigenvalue weighted by atomic mass is 10.1. The summed E-state index contributed by atoms with van der Waals surface area (Å²) in [7, 11) is 0. The van der Waals surface area contributed by atoms with Crippen molar-refractivity contribution in [2.75, 3.05) is 13.2 Å². The van der Waals surface area contributed by atoms with Crippen LogP contribution in [0, 0.1) is 0 Å². The third-order valence-corrected chi connectivity index (χ3v) is 4.40. The lowest BCUT2D eigenvalue weighted by molar-refractivity contribution is 0.0596. The lowest BCUT2D eigenvalue weighted by Crippen LogP contribution is -2.39. The van der Waals surface area contributed by atoms with Crippen LogP contribution < -0.4 is 9.47 Å². The van der Waals surface area contributed by atoms with Gasteiger partial charge in [0, 0.05) is 6.04 Å². The number of hydrogen-bond donors (Lipinski definition) is 0. The first-order chi connectivity index (χ1) is 11.6. The van der Waals surface area contributed by atoms with Crippen LogP contribution in [0.25, 0.3) is 0 Å². The van der Waals surface area contributed by atoms with E-state index in [2.05, 4.69) is 0 Å². The fourth-order valence-electron chi connectivity index (χ4n) is 3.26. The molecule has 122 valence electrons. The Hall–Kier alpha value is -2.82. The molecule has 2 aliphatic rings. The maximum atomic E-state index is 12.5. The van der Waals surface area contributed by atoms with Gasteiger partial charge in [0.05, 0.1) is 11.1 Å². The number of rotatable bonds is 3. The van der Waals surface area contributed by atoms with Gasteiger partial charge in [-0.3, -0.25) is 14.5 Å². The molecule has 0 bridgehead atoms.